The molecule has 1 saturated heterocycles. The molecule has 19 heavy (non-hydrogen) atoms. The van der Waals surface area contributed by atoms with Crippen LogP contribution < -0.4 is 15.4 Å². The van der Waals surface area contributed by atoms with Crippen LogP contribution in [0.1, 0.15) is 31.7 Å². The van der Waals surface area contributed by atoms with E-state index in [0.29, 0.717) is 0 Å². The van der Waals surface area contributed by atoms with Gasteiger partial charge >= 0.3 is 0 Å². The highest BCUT2D eigenvalue weighted by Gasteiger charge is 2.39. The van der Waals surface area contributed by atoms with Gasteiger partial charge in [-0.1, -0.05) is 6.92 Å². The number of ether oxygens (including phenoxy) is 1. The molecule has 1 unspecified atom stereocenters. The fourth-order valence-corrected chi connectivity index (χ4v) is 2.67. The van der Waals surface area contributed by atoms with Crippen LogP contribution >= 0.6 is 0 Å². The summed E-state index contributed by atoms with van der Waals surface area (Å²) in [4.78, 5) is 12.4. The lowest BCUT2D eigenvalue weighted by molar-refractivity contribution is -0.122. The van der Waals surface area contributed by atoms with Gasteiger partial charge in [-0.15, -0.1) is 0 Å². The molecule has 1 aromatic carbocycles. The van der Waals surface area contributed by atoms with Crippen LogP contribution in [0.4, 0.5) is 5.69 Å². The first-order valence-electron chi connectivity index (χ1n) is 6.82. The Labute approximate surface area is 114 Å². The maximum Gasteiger partial charge on any atom is 0.244 e. The van der Waals surface area contributed by atoms with E-state index in [1.54, 1.807) is 7.11 Å². The monoisotopic (exact) mass is 262 g/mol. The van der Waals surface area contributed by atoms with Crippen LogP contribution in [0.15, 0.2) is 18.2 Å². The van der Waals surface area contributed by atoms with Gasteiger partial charge in [-0.05, 0) is 56.5 Å². The standard InChI is InChI=1S/C15H22N2O2/c1-4-15(8-5-9-16-15)14(18)17-12-6-7-13(19-3)11(2)10-12/h6-7,10,16H,4-5,8-9H2,1-3H3,(H,17,18). The first-order valence-corrected chi connectivity index (χ1v) is 6.82. The molecule has 0 radical (unpaired) electrons. The van der Waals surface area contributed by atoms with Gasteiger partial charge in [0.2, 0.25) is 5.91 Å². The molecular formula is C15H22N2O2. The van der Waals surface area contributed by atoms with Gasteiger partial charge in [-0.3, -0.25) is 4.79 Å². The SMILES string of the molecule is CCC1(C(=O)Nc2ccc(OC)c(C)c2)CCCN1. The number of benzene rings is 1. The molecule has 0 aliphatic carbocycles. The number of aryl methyl sites for hydroxylation is 1. The van der Waals surface area contributed by atoms with Crippen molar-refractivity contribution >= 4 is 11.6 Å². The normalized spacial score (nSPS) is 22.3. The van der Waals surface area contributed by atoms with Crippen molar-refractivity contribution in [3.63, 3.8) is 0 Å². The van der Waals surface area contributed by atoms with E-state index < -0.39 is 5.54 Å². The minimum Gasteiger partial charge on any atom is -0.496 e. The third kappa shape index (κ3) is 2.73. The molecule has 1 amide bonds. The number of carbonyl (C=O) groups excluding carboxylic acids is 1. The average Bonchev–Trinajstić information content (AvgIpc) is 2.89. The van der Waals surface area contributed by atoms with Gasteiger partial charge in [-0.2, -0.15) is 0 Å². The van der Waals surface area contributed by atoms with E-state index in [0.717, 1.165) is 42.8 Å². The molecule has 0 spiro atoms. The lowest BCUT2D eigenvalue weighted by Crippen LogP contribution is -2.50. The van der Waals surface area contributed by atoms with E-state index in [1.165, 1.54) is 0 Å². The molecule has 4 nitrogen and oxygen atoms in total. The van der Waals surface area contributed by atoms with Gasteiger partial charge in [0.1, 0.15) is 5.75 Å². The van der Waals surface area contributed by atoms with Gasteiger partial charge in [0, 0.05) is 5.69 Å². The lowest BCUT2D eigenvalue weighted by Gasteiger charge is -2.26. The highest BCUT2D eigenvalue weighted by Crippen LogP contribution is 2.26. The molecule has 1 heterocycles. The van der Waals surface area contributed by atoms with Crippen LogP contribution in [0.3, 0.4) is 0 Å². The quantitative estimate of drug-likeness (QED) is 0.876. The smallest absolute Gasteiger partial charge is 0.244 e. The van der Waals surface area contributed by atoms with Crippen LogP contribution in [0, 0.1) is 6.92 Å². The van der Waals surface area contributed by atoms with Crippen LogP contribution in [0.2, 0.25) is 0 Å². The van der Waals surface area contributed by atoms with Crippen molar-refractivity contribution in [1.29, 1.82) is 0 Å². The number of amides is 1. The van der Waals surface area contributed by atoms with Crippen molar-refractivity contribution in [3.8, 4) is 5.75 Å². The molecule has 1 atom stereocenters. The van der Waals surface area contributed by atoms with Crippen molar-refractivity contribution in [2.75, 3.05) is 19.0 Å². The molecule has 1 aliphatic heterocycles. The van der Waals surface area contributed by atoms with Gasteiger partial charge < -0.3 is 15.4 Å². The van der Waals surface area contributed by atoms with Crippen molar-refractivity contribution in [2.45, 2.75) is 38.6 Å². The van der Waals surface area contributed by atoms with Gasteiger partial charge in [0.05, 0.1) is 12.6 Å². The fraction of sp³-hybridized carbons (Fsp3) is 0.533. The Kier molecular flexibility index (Phi) is 4.10. The van der Waals surface area contributed by atoms with Crippen LogP contribution in [0.25, 0.3) is 0 Å². The molecule has 1 fully saturated rings. The van der Waals surface area contributed by atoms with Crippen molar-refractivity contribution in [3.05, 3.63) is 23.8 Å². The predicted molar refractivity (Wildman–Crippen MR) is 76.6 cm³/mol. The highest BCUT2D eigenvalue weighted by atomic mass is 16.5. The maximum atomic E-state index is 12.4. The van der Waals surface area contributed by atoms with E-state index in [2.05, 4.69) is 17.6 Å². The maximum absolute atomic E-state index is 12.4. The second kappa shape index (κ2) is 5.61. The number of methoxy groups -OCH3 is 1. The number of hydrogen-bond donors (Lipinski definition) is 2. The van der Waals surface area contributed by atoms with E-state index in [4.69, 9.17) is 4.74 Å². The van der Waals surface area contributed by atoms with Crippen molar-refractivity contribution in [2.24, 2.45) is 0 Å². The van der Waals surface area contributed by atoms with Crippen molar-refractivity contribution < 1.29 is 9.53 Å². The van der Waals surface area contributed by atoms with Gasteiger partial charge in [-0.25, -0.2) is 0 Å². The van der Waals surface area contributed by atoms with Gasteiger partial charge in [0.15, 0.2) is 0 Å². The van der Waals surface area contributed by atoms with Crippen LogP contribution in [-0.2, 0) is 4.79 Å². The second-order valence-electron chi connectivity index (χ2n) is 5.10. The number of nitrogens with one attached hydrogen (secondary N) is 2. The summed E-state index contributed by atoms with van der Waals surface area (Å²) in [5.41, 5.74) is 1.45. The van der Waals surface area contributed by atoms with Crippen LogP contribution in [-0.4, -0.2) is 25.1 Å². The Morgan fingerprint density at radius 1 is 1.53 bits per heavy atom. The first-order chi connectivity index (χ1) is 9.11. The lowest BCUT2D eigenvalue weighted by atomic mass is 9.93. The highest BCUT2D eigenvalue weighted by molar-refractivity contribution is 5.98. The topological polar surface area (TPSA) is 50.4 Å². The summed E-state index contributed by atoms with van der Waals surface area (Å²) < 4.78 is 5.22. The summed E-state index contributed by atoms with van der Waals surface area (Å²) in [5, 5.41) is 6.35. The third-order valence-electron chi connectivity index (χ3n) is 3.93. The fourth-order valence-electron chi connectivity index (χ4n) is 2.67. The summed E-state index contributed by atoms with van der Waals surface area (Å²) in [6, 6.07) is 5.70. The largest absolute Gasteiger partial charge is 0.496 e. The van der Waals surface area contributed by atoms with E-state index in [1.807, 2.05) is 25.1 Å². The number of carbonyl (C=O) groups is 1. The Bertz CT molecular complexity index is 465. The van der Waals surface area contributed by atoms with Crippen molar-refractivity contribution in [1.82, 2.24) is 5.32 Å². The summed E-state index contributed by atoms with van der Waals surface area (Å²) in [6.45, 7) is 4.94. The summed E-state index contributed by atoms with van der Waals surface area (Å²) in [5.74, 6) is 0.902. The molecule has 1 aliphatic rings. The molecule has 0 aromatic heterocycles. The van der Waals surface area contributed by atoms with Gasteiger partial charge in [0.25, 0.3) is 0 Å². The Morgan fingerprint density at radius 2 is 2.32 bits per heavy atom. The number of hydrogen-bond acceptors (Lipinski definition) is 3. The van der Waals surface area contributed by atoms with Crippen LogP contribution in [0.5, 0.6) is 5.75 Å². The van der Waals surface area contributed by atoms with E-state index >= 15 is 0 Å². The molecular weight excluding hydrogens is 240 g/mol. The van der Waals surface area contributed by atoms with E-state index in [-0.39, 0.29) is 5.91 Å². The first kappa shape index (κ1) is 13.9. The molecule has 2 N–H and O–H groups in total. The molecule has 104 valence electrons. The minimum absolute atomic E-state index is 0.0667. The molecule has 0 saturated carbocycles. The second-order valence-corrected chi connectivity index (χ2v) is 5.10. The number of anilines is 1. The molecule has 4 heteroatoms. The number of rotatable bonds is 4. The van der Waals surface area contributed by atoms with E-state index in [9.17, 15) is 4.79 Å². The predicted octanol–water partition coefficient (Wildman–Crippen LogP) is 2.47. The zero-order valence-corrected chi connectivity index (χ0v) is 11.9. The third-order valence-corrected chi connectivity index (χ3v) is 3.93. The molecule has 1 aromatic rings. The zero-order valence-electron chi connectivity index (χ0n) is 11.9. The Hall–Kier alpha value is -1.55. The summed E-state index contributed by atoms with van der Waals surface area (Å²) >= 11 is 0. The minimum atomic E-state index is -0.395. The Morgan fingerprint density at radius 3 is 2.84 bits per heavy atom. The summed E-state index contributed by atoms with van der Waals surface area (Å²) in [7, 11) is 1.65. The molecule has 0 bridgehead atoms. The molecule has 2 rings (SSSR count). The Balaban J connectivity index is 2.12. The summed E-state index contributed by atoms with van der Waals surface area (Å²) in [6.07, 6.45) is 2.78. The average molecular weight is 262 g/mol. The zero-order chi connectivity index (χ0) is 13.9.